The van der Waals surface area contributed by atoms with Gasteiger partial charge < -0.3 is 4.98 Å². The summed E-state index contributed by atoms with van der Waals surface area (Å²) in [6, 6.07) is 8.29. The quantitative estimate of drug-likeness (QED) is 0.423. The molecule has 0 aliphatic carbocycles. The van der Waals surface area contributed by atoms with Crippen LogP contribution in [0.1, 0.15) is 11.1 Å². The summed E-state index contributed by atoms with van der Waals surface area (Å²) in [5, 5.41) is 0. The molecular formula is C9H12FNSi. The Balaban J connectivity index is 2.41. The normalized spacial score (nSPS) is 10.2. The predicted octanol–water partition coefficient (Wildman–Crippen LogP) is 1.63. The van der Waals surface area contributed by atoms with Crippen LogP contribution < -0.4 is 4.98 Å². The minimum Gasteiger partial charge on any atom is -0.311 e. The lowest BCUT2D eigenvalue weighted by atomic mass is 10.1. The van der Waals surface area contributed by atoms with Crippen molar-refractivity contribution in [3.63, 3.8) is 0 Å². The molecule has 0 fully saturated rings. The predicted molar refractivity (Wildman–Crippen MR) is 49.7 cm³/mol. The molecule has 12 heavy (non-hydrogen) atoms. The highest BCUT2D eigenvalue weighted by atomic mass is 28.3. The molecule has 1 aromatic carbocycles. The maximum absolute atomic E-state index is 11.7. The average Bonchev–Trinajstić information content (AvgIpc) is 2.05. The SMILES string of the molecule is Cc1cccc(CCN[Si]F)c1. The van der Waals surface area contributed by atoms with E-state index < -0.39 is 10.0 Å². The van der Waals surface area contributed by atoms with Crippen molar-refractivity contribution in [1.29, 1.82) is 0 Å². The number of hydrogen-bond donors (Lipinski definition) is 1. The van der Waals surface area contributed by atoms with Crippen molar-refractivity contribution in [1.82, 2.24) is 4.98 Å². The molecule has 0 saturated heterocycles. The first-order valence-electron chi connectivity index (χ1n) is 3.97. The van der Waals surface area contributed by atoms with Crippen molar-refractivity contribution in [2.24, 2.45) is 0 Å². The van der Waals surface area contributed by atoms with Crippen molar-refractivity contribution < 1.29 is 4.11 Å². The summed E-state index contributed by atoms with van der Waals surface area (Å²) >= 11 is 0. The molecular weight excluding hydrogens is 169 g/mol. The van der Waals surface area contributed by atoms with Gasteiger partial charge in [0.05, 0.1) is 0 Å². The molecule has 0 spiro atoms. The number of benzene rings is 1. The van der Waals surface area contributed by atoms with E-state index in [4.69, 9.17) is 0 Å². The third kappa shape index (κ3) is 3.15. The zero-order valence-electron chi connectivity index (χ0n) is 7.10. The highest BCUT2D eigenvalue weighted by molar-refractivity contribution is 6.22. The van der Waals surface area contributed by atoms with Crippen LogP contribution in [-0.4, -0.2) is 16.6 Å². The standard InChI is InChI=1S/C9H12FNSi/c1-8-3-2-4-9(7-8)5-6-11-12-10/h2-4,7,11H,5-6H2,1H3. The molecule has 2 radical (unpaired) electrons. The lowest BCUT2D eigenvalue weighted by Gasteiger charge is -2.01. The highest BCUT2D eigenvalue weighted by Gasteiger charge is 1.92. The van der Waals surface area contributed by atoms with Gasteiger partial charge in [-0.2, -0.15) is 0 Å². The number of rotatable bonds is 4. The lowest BCUT2D eigenvalue weighted by Crippen LogP contribution is -2.18. The zero-order chi connectivity index (χ0) is 8.81. The van der Waals surface area contributed by atoms with Crippen LogP contribution in [0.5, 0.6) is 0 Å². The van der Waals surface area contributed by atoms with Gasteiger partial charge in [-0.05, 0) is 25.5 Å². The van der Waals surface area contributed by atoms with Crippen LogP contribution in [0.4, 0.5) is 4.11 Å². The fraction of sp³-hybridized carbons (Fsp3) is 0.333. The van der Waals surface area contributed by atoms with Crippen molar-refractivity contribution in [3.8, 4) is 0 Å². The van der Waals surface area contributed by atoms with Crippen LogP contribution in [0, 0.1) is 6.92 Å². The molecule has 0 atom stereocenters. The van der Waals surface area contributed by atoms with E-state index in [2.05, 4.69) is 30.1 Å². The number of halogens is 1. The molecule has 0 aliphatic rings. The molecule has 0 bridgehead atoms. The summed E-state index contributed by atoms with van der Waals surface area (Å²) in [5.41, 5.74) is 2.52. The molecule has 64 valence electrons. The van der Waals surface area contributed by atoms with E-state index in [9.17, 15) is 4.11 Å². The third-order valence-electron chi connectivity index (χ3n) is 1.69. The van der Waals surface area contributed by atoms with Crippen molar-refractivity contribution in [2.75, 3.05) is 6.54 Å². The second kappa shape index (κ2) is 5.06. The van der Waals surface area contributed by atoms with Gasteiger partial charge in [0.1, 0.15) is 0 Å². The van der Waals surface area contributed by atoms with E-state index >= 15 is 0 Å². The second-order valence-electron chi connectivity index (χ2n) is 2.76. The largest absolute Gasteiger partial charge is 0.396 e. The van der Waals surface area contributed by atoms with Gasteiger partial charge in [-0.25, -0.2) is 0 Å². The van der Waals surface area contributed by atoms with E-state index in [0.29, 0.717) is 0 Å². The van der Waals surface area contributed by atoms with Crippen LogP contribution >= 0.6 is 0 Å². The summed E-state index contributed by atoms with van der Waals surface area (Å²) in [7, 11) is -0.643. The molecule has 1 N–H and O–H groups in total. The maximum atomic E-state index is 11.7. The van der Waals surface area contributed by atoms with E-state index in [1.54, 1.807) is 0 Å². The Labute approximate surface area is 75.1 Å². The van der Waals surface area contributed by atoms with Crippen LogP contribution in [0.2, 0.25) is 0 Å². The molecule has 0 saturated carbocycles. The fourth-order valence-corrected chi connectivity index (χ4v) is 1.34. The Bertz CT molecular complexity index is 240. The summed E-state index contributed by atoms with van der Waals surface area (Å²) < 4.78 is 11.7. The Morgan fingerprint density at radius 2 is 2.33 bits per heavy atom. The van der Waals surface area contributed by atoms with Gasteiger partial charge in [-0.15, -0.1) is 0 Å². The lowest BCUT2D eigenvalue weighted by molar-refractivity contribution is 0.784. The van der Waals surface area contributed by atoms with Crippen LogP contribution in [0.25, 0.3) is 0 Å². The molecule has 0 unspecified atom stereocenters. The minimum absolute atomic E-state index is 0.643. The maximum Gasteiger partial charge on any atom is 0.396 e. The first kappa shape index (κ1) is 9.42. The number of nitrogens with one attached hydrogen (secondary N) is 1. The van der Waals surface area contributed by atoms with Gasteiger partial charge >= 0.3 is 10.0 Å². The molecule has 0 aliphatic heterocycles. The Kier molecular flexibility index (Phi) is 3.97. The Hall–Kier alpha value is -0.673. The van der Waals surface area contributed by atoms with Crippen molar-refractivity contribution >= 4 is 10.0 Å². The summed E-state index contributed by atoms with van der Waals surface area (Å²) in [5.74, 6) is 0. The second-order valence-corrected chi connectivity index (χ2v) is 3.30. The number of hydrogen-bond acceptors (Lipinski definition) is 1. The van der Waals surface area contributed by atoms with Gasteiger partial charge in [0.2, 0.25) is 0 Å². The molecule has 3 heteroatoms. The first-order valence-corrected chi connectivity index (χ1v) is 4.85. The topological polar surface area (TPSA) is 12.0 Å². The van der Waals surface area contributed by atoms with E-state index in [1.165, 1.54) is 11.1 Å². The summed E-state index contributed by atoms with van der Waals surface area (Å²) in [6.45, 7) is 2.78. The van der Waals surface area contributed by atoms with Crippen LogP contribution in [0.3, 0.4) is 0 Å². The first-order chi connectivity index (χ1) is 5.83. The molecule has 0 aromatic heterocycles. The van der Waals surface area contributed by atoms with Gasteiger partial charge in [0.15, 0.2) is 0 Å². The van der Waals surface area contributed by atoms with Crippen molar-refractivity contribution in [2.45, 2.75) is 13.3 Å². The van der Waals surface area contributed by atoms with Crippen molar-refractivity contribution in [3.05, 3.63) is 35.4 Å². The molecule has 1 aromatic rings. The summed E-state index contributed by atoms with van der Waals surface area (Å²) in [6.07, 6.45) is 0.901. The van der Waals surface area contributed by atoms with E-state index in [-0.39, 0.29) is 0 Å². The zero-order valence-corrected chi connectivity index (χ0v) is 8.10. The Morgan fingerprint density at radius 3 is 3.00 bits per heavy atom. The van der Waals surface area contributed by atoms with Crippen LogP contribution in [-0.2, 0) is 6.42 Å². The smallest absolute Gasteiger partial charge is 0.311 e. The minimum atomic E-state index is -0.643. The van der Waals surface area contributed by atoms with Gasteiger partial charge in [0, 0.05) is 0 Å². The van der Waals surface area contributed by atoms with Crippen LogP contribution in [0.15, 0.2) is 24.3 Å². The van der Waals surface area contributed by atoms with E-state index in [1.807, 2.05) is 6.07 Å². The van der Waals surface area contributed by atoms with Gasteiger partial charge in [0.25, 0.3) is 0 Å². The molecule has 1 nitrogen and oxygen atoms in total. The Morgan fingerprint density at radius 1 is 1.50 bits per heavy atom. The summed E-state index contributed by atoms with van der Waals surface area (Å²) in [4.78, 5) is 2.68. The monoisotopic (exact) mass is 181 g/mol. The average molecular weight is 181 g/mol. The third-order valence-corrected chi connectivity index (χ3v) is 2.07. The van der Waals surface area contributed by atoms with Gasteiger partial charge in [-0.3, -0.25) is 4.11 Å². The molecule has 1 rings (SSSR count). The molecule has 0 amide bonds. The molecule has 0 heterocycles. The van der Waals surface area contributed by atoms with E-state index in [0.717, 1.165) is 13.0 Å². The number of aryl methyl sites for hydroxylation is 1. The highest BCUT2D eigenvalue weighted by Crippen LogP contribution is 2.03. The van der Waals surface area contributed by atoms with Gasteiger partial charge in [-0.1, -0.05) is 29.8 Å². The fourth-order valence-electron chi connectivity index (χ4n) is 1.12.